The first kappa shape index (κ1) is 16.5. The molecule has 4 rings (SSSR count). The highest BCUT2D eigenvalue weighted by molar-refractivity contribution is 7.19. The van der Waals surface area contributed by atoms with Gasteiger partial charge in [-0.25, -0.2) is 9.97 Å². The average molecular weight is 352 g/mol. The fourth-order valence-electron chi connectivity index (χ4n) is 3.73. The molecule has 2 aromatic heterocycles. The largest absolute Gasteiger partial charge is 0.352 e. The van der Waals surface area contributed by atoms with Crippen LogP contribution in [0.25, 0.3) is 10.2 Å². The van der Waals surface area contributed by atoms with Gasteiger partial charge in [0.1, 0.15) is 17.0 Å². The van der Waals surface area contributed by atoms with Crippen LogP contribution in [0.15, 0.2) is 36.7 Å². The van der Waals surface area contributed by atoms with E-state index in [0.29, 0.717) is 0 Å². The van der Waals surface area contributed by atoms with Gasteiger partial charge in [0, 0.05) is 18.0 Å². The molecule has 1 aliphatic rings. The summed E-state index contributed by atoms with van der Waals surface area (Å²) in [5.74, 6) is 1.14. The molecule has 0 N–H and O–H groups in total. The minimum Gasteiger partial charge on any atom is -0.352 e. The predicted octanol–water partition coefficient (Wildman–Crippen LogP) is 5.38. The number of nitrogens with zero attached hydrogens (tertiary/aromatic N) is 3. The summed E-state index contributed by atoms with van der Waals surface area (Å²) >= 11 is 1.88. The first-order valence-electron chi connectivity index (χ1n) is 9.41. The highest BCUT2D eigenvalue weighted by atomic mass is 32.1. The fraction of sp³-hybridized carbons (Fsp3) is 0.429. The quantitative estimate of drug-likeness (QED) is 0.597. The molecule has 0 bridgehead atoms. The van der Waals surface area contributed by atoms with Gasteiger partial charge in [-0.3, -0.25) is 0 Å². The molecule has 0 saturated carbocycles. The molecular weight excluding hydrogens is 326 g/mol. The standard InChI is InChI=1S/C21H25N3S/c1-2-3-13-24(14-16-9-5-4-6-10-16)20-19-17-11-7-8-12-18(17)25-21(19)23-15-22-20/h4-6,9-10,15H,2-3,7-8,11-14H2,1H3. The molecule has 0 radical (unpaired) electrons. The summed E-state index contributed by atoms with van der Waals surface area (Å²) in [6.07, 6.45) is 9.13. The lowest BCUT2D eigenvalue weighted by atomic mass is 9.97. The summed E-state index contributed by atoms with van der Waals surface area (Å²) in [6, 6.07) is 10.7. The normalized spacial score (nSPS) is 13.8. The number of benzene rings is 1. The van der Waals surface area contributed by atoms with Crippen molar-refractivity contribution >= 4 is 27.4 Å². The molecule has 2 heterocycles. The molecule has 0 atom stereocenters. The highest BCUT2D eigenvalue weighted by Crippen LogP contribution is 2.39. The van der Waals surface area contributed by atoms with Gasteiger partial charge < -0.3 is 4.90 Å². The molecule has 0 saturated heterocycles. The number of unbranched alkanes of at least 4 members (excludes halogenated alkanes) is 1. The maximum absolute atomic E-state index is 4.76. The smallest absolute Gasteiger partial charge is 0.141 e. The summed E-state index contributed by atoms with van der Waals surface area (Å²) in [5, 5.41) is 1.33. The van der Waals surface area contributed by atoms with Crippen LogP contribution in [0.2, 0.25) is 0 Å². The predicted molar refractivity (Wildman–Crippen MR) is 106 cm³/mol. The molecule has 0 unspecified atom stereocenters. The maximum atomic E-state index is 4.76. The van der Waals surface area contributed by atoms with Gasteiger partial charge in [0.25, 0.3) is 0 Å². The third-order valence-electron chi connectivity index (χ3n) is 5.03. The van der Waals surface area contributed by atoms with Crippen molar-refractivity contribution in [1.29, 1.82) is 0 Å². The summed E-state index contributed by atoms with van der Waals surface area (Å²) in [5.41, 5.74) is 2.87. The third kappa shape index (κ3) is 3.40. The van der Waals surface area contributed by atoms with Crippen molar-refractivity contribution < 1.29 is 0 Å². The molecule has 4 heteroatoms. The zero-order valence-electron chi connectivity index (χ0n) is 14.9. The second-order valence-electron chi connectivity index (χ2n) is 6.85. The Balaban J connectivity index is 1.76. The molecule has 25 heavy (non-hydrogen) atoms. The van der Waals surface area contributed by atoms with E-state index in [1.165, 1.54) is 64.7 Å². The molecule has 3 aromatic rings. The van der Waals surface area contributed by atoms with Crippen LogP contribution in [0.3, 0.4) is 0 Å². The number of hydrogen-bond acceptors (Lipinski definition) is 4. The number of aryl methyl sites for hydroxylation is 2. The number of anilines is 1. The van der Waals surface area contributed by atoms with Crippen LogP contribution in [-0.2, 0) is 19.4 Å². The molecule has 130 valence electrons. The Labute approximate surface area is 153 Å². The lowest BCUT2D eigenvalue weighted by Crippen LogP contribution is -2.25. The second kappa shape index (κ2) is 7.52. The Hall–Kier alpha value is -1.94. The first-order valence-corrected chi connectivity index (χ1v) is 10.2. The lowest BCUT2D eigenvalue weighted by Gasteiger charge is -2.25. The lowest BCUT2D eigenvalue weighted by molar-refractivity contribution is 0.696. The van der Waals surface area contributed by atoms with Gasteiger partial charge in [0.15, 0.2) is 0 Å². The Morgan fingerprint density at radius 3 is 2.76 bits per heavy atom. The van der Waals surface area contributed by atoms with Gasteiger partial charge >= 0.3 is 0 Å². The van der Waals surface area contributed by atoms with Crippen molar-refractivity contribution in [3.63, 3.8) is 0 Å². The van der Waals surface area contributed by atoms with E-state index in [9.17, 15) is 0 Å². The average Bonchev–Trinajstić information content (AvgIpc) is 3.05. The van der Waals surface area contributed by atoms with Gasteiger partial charge in [-0.15, -0.1) is 11.3 Å². The van der Waals surface area contributed by atoms with Crippen molar-refractivity contribution in [2.45, 2.75) is 52.0 Å². The van der Waals surface area contributed by atoms with E-state index >= 15 is 0 Å². The Morgan fingerprint density at radius 2 is 1.92 bits per heavy atom. The molecule has 1 aliphatic carbocycles. The molecule has 3 nitrogen and oxygen atoms in total. The van der Waals surface area contributed by atoms with Crippen LogP contribution in [0.1, 0.15) is 48.6 Å². The van der Waals surface area contributed by atoms with Gasteiger partial charge in [0.2, 0.25) is 0 Å². The Bertz CT molecular complexity index is 841. The van der Waals surface area contributed by atoms with Crippen molar-refractivity contribution in [3.05, 3.63) is 52.7 Å². The monoisotopic (exact) mass is 351 g/mol. The molecule has 0 aliphatic heterocycles. The number of rotatable bonds is 6. The fourth-order valence-corrected chi connectivity index (χ4v) is 4.95. The minimum absolute atomic E-state index is 0.914. The van der Waals surface area contributed by atoms with E-state index in [1.54, 1.807) is 6.33 Å². The van der Waals surface area contributed by atoms with E-state index in [2.05, 4.69) is 47.1 Å². The summed E-state index contributed by atoms with van der Waals surface area (Å²) in [7, 11) is 0. The summed E-state index contributed by atoms with van der Waals surface area (Å²) in [6.45, 7) is 4.21. The van der Waals surface area contributed by atoms with E-state index in [0.717, 1.165) is 18.9 Å². The zero-order chi connectivity index (χ0) is 17.1. The number of hydrogen-bond donors (Lipinski definition) is 0. The SMILES string of the molecule is CCCCN(Cc1ccccc1)c1ncnc2sc3c(c12)CCCC3. The van der Waals surface area contributed by atoms with Crippen molar-refractivity contribution in [1.82, 2.24) is 9.97 Å². The third-order valence-corrected chi connectivity index (χ3v) is 6.23. The van der Waals surface area contributed by atoms with E-state index in [4.69, 9.17) is 4.98 Å². The van der Waals surface area contributed by atoms with E-state index in [1.807, 2.05) is 11.3 Å². The molecule has 1 aromatic carbocycles. The van der Waals surface area contributed by atoms with Gasteiger partial charge in [-0.1, -0.05) is 43.7 Å². The van der Waals surface area contributed by atoms with Crippen LogP contribution >= 0.6 is 11.3 Å². The molecular formula is C21H25N3S. The van der Waals surface area contributed by atoms with Gasteiger partial charge in [-0.2, -0.15) is 0 Å². The van der Waals surface area contributed by atoms with Crippen molar-refractivity contribution in [2.75, 3.05) is 11.4 Å². The number of thiophene rings is 1. The van der Waals surface area contributed by atoms with Crippen LogP contribution in [0, 0.1) is 0 Å². The second-order valence-corrected chi connectivity index (χ2v) is 7.93. The molecule has 0 fully saturated rings. The van der Waals surface area contributed by atoms with Gasteiger partial charge in [0.05, 0.1) is 5.39 Å². The van der Waals surface area contributed by atoms with Crippen LogP contribution in [0.4, 0.5) is 5.82 Å². The van der Waals surface area contributed by atoms with Crippen molar-refractivity contribution in [2.24, 2.45) is 0 Å². The Morgan fingerprint density at radius 1 is 1.08 bits per heavy atom. The first-order chi connectivity index (χ1) is 12.4. The topological polar surface area (TPSA) is 29.0 Å². The minimum atomic E-state index is 0.914. The number of fused-ring (bicyclic) bond motifs is 3. The zero-order valence-corrected chi connectivity index (χ0v) is 15.7. The van der Waals surface area contributed by atoms with Crippen LogP contribution < -0.4 is 4.90 Å². The van der Waals surface area contributed by atoms with Crippen LogP contribution in [0.5, 0.6) is 0 Å². The summed E-state index contributed by atoms with van der Waals surface area (Å²) < 4.78 is 0. The van der Waals surface area contributed by atoms with E-state index < -0.39 is 0 Å². The van der Waals surface area contributed by atoms with Gasteiger partial charge in [-0.05, 0) is 43.2 Å². The molecule has 0 amide bonds. The highest BCUT2D eigenvalue weighted by Gasteiger charge is 2.22. The Kier molecular flexibility index (Phi) is 4.97. The van der Waals surface area contributed by atoms with Crippen molar-refractivity contribution in [3.8, 4) is 0 Å². The van der Waals surface area contributed by atoms with Crippen LogP contribution in [-0.4, -0.2) is 16.5 Å². The molecule has 0 spiro atoms. The summed E-state index contributed by atoms with van der Waals surface area (Å²) in [4.78, 5) is 14.5. The van der Waals surface area contributed by atoms with E-state index in [-0.39, 0.29) is 0 Å². The maximum Gasteiger partial charge on any atom is 0.141 e. The number of aromatic nitrogens is 2.